The highest BCUT2D eigenvalue weighted by Gasteiger charge is 2.27. The lowest BCUT2D eigenvalue weighted by molar-refractivity contribution is 0.143. The summed E-state index contributed by atoms with van der Waals surface area (Å²) in [7, 11) is 0. The molecule has 2 unspecified atom stereocenters. The molecule has 0 radical (unpaired) electrons. The molecule has 0 amide bonds. The molecule has 0 bridgehead atoms. The third kappa shape index (κ3) is 1.65. The highest BCUT2D eigenvalue weighted by atomic mass is 16.6. The molecule has 1 saturated carbocycles. The van der Waals surface area contributed by atoms with E-state index >= 15 is 0 Å². The van der Waals surface area contributed by atoms with Crippen molar-refractivity contribution in [3.05, 3.63) is 24.3 Å². The normalized spacial score (nSPS) is 25.1. The highest BCUT2D eigenvalue weighted by Crippen LogP contribution is 2.25. The zero-order chi connectivity index (χ0) is 11.0. The third-order valence-electron chi connectivity index (χ3n) is 3.03. The quantitative estimate of drug-likeness (QED) is 0.838. The van der Waals surface area contributed by atoms with Gasteiger partial charge < -0.3 is 14.9 Å². The summed E-state index contributed by atoms with van der Waals surface area (Å²) in [6, 6.07) is 7.73. The van der Waals surface area contributed by atoms with Crippen molar-refractivity contribution in [2.75, 3.05) is 0 Å². The van der Waals surface area contributed by atoms with Gasteiger partial charge in [0.25, 0.3) is 0 Å². The number of para-hydroxylation sites is 2. The molecule has 1 aromatic carbocycles. The summed E-state index contributed by atoms with van der Waals surface area (Å²) in [5.74, 6) is 0. The molecular weight excluding hydrogens is 204 g/mol. The number of nitrogens with zero attached hydrogens (tertiary/aromatic N) is 1. The second-order valence-electron chi connectivity index (χ2n) is 4.20. The van der Waals surface area contributed by atoms with E-state index in [1.807, 2.05) is 24.3 Å². The second-order valence-corrected chi connectivity index (χ2v) is 4.20. The van der Waals surface area contributed by atoms with E-state index in [4.69, 9.17) is 14.9 Å². The second kappa shape index (κ2) is 3.79. The van der Waals surface area contributed by atoms with Crippen LogP contribution in [0.5, 0.6) is 6.08 Å². The number of hydrogen-bond acceptors (Lipinski definition) is 4. The molecule has 1 aliphatic carbocycles. The number of nitrogens with two attached hydrogens (primary N) is 1. The number of ether oxygens (including phenoxy) is 1. The highest BCUT2D eigenvalue weighted by molar-refractivity contribution is 5.72. The zero-order valence-corrected chi connectivity index (χ0v) is 8.93. The van der Waals surface area contributed by atoms with E-state index in [0.29, 0.717) is 6.08 Å². The lowest BCUT2D eigenvalue weighted by atomic mass is 10.2. The topological polar surface area (TPSA) is 61.3 Å². The van der Waals surface area contributed by atoms with E-state index in [0.717, 1.165) is 30.4 Å². The molecule has 0 saturated heterocycles. The van der Waals surface area contributed by atoms with E-state index < -0.39 is 0 Å². The number of oxazole rings is 1. The van der Waals surface area contributed by atoms with Gasteiger partial charge in [0, 0.05) is 6.04 Å². The molecule has 3 rings (SSSR count). The van der Waals surface area contributed by atoms with Crippen molar-refractivity contribution in [1.82, 2.24) is 4.98 Å². The molecule has 0 aliphatic heterocycles. The first-order chi connectivity index (χ1) is 7.83. The molecule has 0 spiro atoms. The molecule has 1 fully saturated rings. The van der Waals surface area contributed by atoms with Gasteiger partial charge >= 0.3 is 6.08 Å². The molecule has 84 valence electrons. The van der Waals surface area contributed by atoms with Gasteiger partial charge in [0.15, 0.2) is 5.58 Å². The van der Waals surface area contributed by atoms with Crippen molar-refractivity contribution in [3.63, 3.8) is 0 Å². The predicted octanol–water partition coefficient (Wildman–Crippen LogP) is 2.09. The van der Waals surface area contributed by atoms with Crippen molar-refractivity contribution < 1.29 is 9.15 Å². The maximum absolute atomic E-state index is 5.93. The van der Waals surface area contributed by atoms with Gasteiger partial charge in [0.05, 0.1) is 0 Å². The smallest absolute Gasteiger partial charge is 0.394 e. The van der Waals surface area contributed by atoms with Crippen molar-refractivity contribution in [1.29, 1.82) is 0 Å². The summed E-state index contributed by atoms with van der Waals surface area (Å²) in [4.78, 5) is 4.27. The summed E-state index contributed by atoms with van der Waals surface area (Å²) >= 11 is 0. The van der Waals surface area contributed by atoms with Crippen molar-refractivity contribution in [2.45, 2.75) is 31.4 Å². The third-order valence-corrected chi connectivity index (χ3v) is 3.03. The van der Waals surface area contributed by atoms with Crippen LogP contribution in [0.15, 0.2) is 28.7 Å². The van der Waals surface area contributed by atoms with Gasteiger partial charge in [0.2, 0.25) is 0 Å². The maximum Gasteiger partial charge on any atom is 0.394 e. The Morgan fingerprint density at radius 1 is 1.31 bits per heavy atom. The van der Waals surface area contributed by atoms with Gasteiger partial charge in [-0.2, -0.15) is 4.98 Å². The Balaban J connectivity index is 1.83. The summed E-state index contributed by atoms with van der Waals surface area (Å²) in [6.45, 7) is 0. The van der Waals surface area contributed by atoms with Crippen molar-refractivity contribution >= 4 is 11.1 Å². The lowest BCUT2D eigenvalue weighted by Crippen LogP contribution is -2.33. The van der Waals surface area contributed by atoms with Crippen molar-refractivity contribution in [3.8, 4) is 6.08 Å². The fourth-order valence-corrected chi connectivity index (χ4v) is 2.13. The minimum absolute atomic E-state index is 0.0491. The Morgan fingerprint density at radius 2 is 2.19 bits per heavy atom. The summed E-state index contributed by atoms with van der Waals surface area (Å²) < 4.78 is 11.2. The van der Waals surface area contributed by atoms with Crippen LogP contribution < -0.4 is 10.5 Å². The van der Waals surface area contributed by atoms with Crippen LogP contribution in [0.3, 0.4) is 0 Å². The Morgan fingerprint density at radius 3 is 2.94 bits per heavy atom. The zero-order valence-electron chi connectivity index (χ0n) is 8.93. The van der Waals surface area contributed by atoms with Gasteiger partial charge in [-0.3, -0.25) is 0 Å². The Labute approximate surface area is 93.4 Å². The largest absolute Gasteiger partial charge is 0.445 e. The monoisotopic (exact) mass is 218 g/mol. The molecule has 1 aliphatic rings. The first kappa shape index (κ1) is 9.66. The lowest BCUT2D eigenvalue weighted by Gasteiger charge is -2.13. The Kier molecular flexibility index (Phi) is 2.29. The van der Waals surface area contributed by atoms with E-state index in [1.54, 1.807) is 0 Å². The number of aromatic nitrogens is 1. The average Bonchev–Trinajstić information content (AvgIpc) is 2.85. The van der Waals surface area contributed by atoms with Crippen LogP contribution >= 0.6 is 0 Å². The van der Waals surface area contributed by atoms with Crippen LogP contribution in [0.2, 0.25) is 0 Å². The maximum atomic E-state index is 5.93. The Bertz CT molecular complexity index is 461. The first-order valence-electron chi connectivity index (χ1n) is 5.61. The van der Waals surface area contributed by atoms with Crippen LogP contribution in [0.4, 0.5) is 0 Å². The van der Waals surface area contributed by atoms with E-state index in [-0.39, 0.29) is 12.1 Å². The summed E-state index contributed by atoms with van der Waals surface area (Å²) in [5.41, 5.74) is 7.50. The van der Waals surface area contributed by atoms with E-state index in [2.05, 4.69) is 4.98 Å². The van der Waals surface area contributed by atoms with Crippen LogP contribution in [-0.4, -0.2) is 17.1 Å². The van der Waals surface area contributed by atoms with Crippen molar-refractivity contribution in [2.24, 2.45) is 5.73 Å². The standard InChI is InChI=1S/C12H14N2O2/c13-8-4-3-7-10(8)15-12-14-9-5-1-2-6-11(9)16-12/h1-2,5-6,8,10H,3-4,7,13H2. The number of hydrogen-bond donors (Lipinski definition) is 1. The molecule has 1 heterocycles. The fraction of sp³-hybridized carbons (Fsp3) is 0.417. The van der Waals surface area contributed by atoms with Crippen LogP contribution in [0.1, 0.15) is 19.3 Å². The van der Waals surface area contributed by atoms with Gasteiger partial charge in [0.1, 0.15) is 11.6 Å². The SMILES string of the molecule is NC1CCCC1Oc1nc2ccccc2o1. The van der Waals surface area contributed by atoms with Gasteiger partial charge in [-0.1, -0.05) is 12.1 Å². The van der Waals surface area contributed by atoms with Gasteiger partial charge in [-0.15, -0.1) is 0 Å². The summed E-state index contributed by atoms with van der Waals surface area (Å²) in [6.07, 6.45) is 3.51. The van der Waals surface area contributed by atoms with Crippen LogP contribution in [-0.2, 0) is 0 Å². The van der Waals surface area contributed by atoms with Crippen LogP contribution in [0, 0.1) is 0 Å². The molecule has 2 atom stereocenters. The fourth-order valence-electron chi connectivity index (χ4n) is 2.13. The van der Waals surface area contributed by atoms with Gasteiger partial charge in [-0.05, 0) is 31.4 Å². The molecule has 16 heavy (non-hydrogen) atoms. The number of rotatable bonds is 2. The molecular formula is C12H14N2O2. The minimum atomic E-state index is 0.0491. The van der Waals surface area contributed by atoms with E-state index in [1.165, 1.54) is 0 Å². The number of fused-ring (bicyclic) bond motifs is 1. The average molecular weight is 218 g/mol. The Hall–Kier alpha value is -1.55. The minimum Gasteiger partial charge on any atom is -0.445 e. The predicted molar refractivity (Wildman–Crippen MR) is 60.3 cm³/mol. The number of benzene rings is 1. The molecule has 4 heteroatoms. The molecule has 1 aromatic heterocycles. The van der Waals surface area contributed by atoms with Gasteiger partial charge in [-0.25, -0.2) is 0 Å². The van der Waals surface area contributed by atoms with Crippen LogP contribution in [0.25, 0.3) is 11.1 Å². The first-order valence-corrected chi connectivity index (χ1v) is 5.61. The molecule has 2 N–H and O–H groups in total. The molecule has 4 nitrogen and oxygen atoms in total. The molecule has 2 aromatic rings. The van der Waals surface area contributed by atoms with E-state index in [9.17, 15) is 0 Å². The summed E-state index contributed by atoms with van der Waals surface area (Å²) in [5, 5.41) is 0.